The Morgan fingerprint density at radius 1 is 0.372 bits per heavy atom. The topological polar surface area (TPSA) is 337 Å². The van der Waals surface area contributed by atoms with Gasteiger partial charge in [0.1, 0.15) is 65.9 Å². The number of nitro benzene ring substituents is 1. The molecule has 16 heterocycles. The Labute approximate surface area is 842 Å². The molecule has 31 heteroatoms. The van der Waals surface area contributed by atoms with Crippen LogP contribution in [-0.2, 0) is 19.6 Å². The maximum atomic E-state index is 14.7. The molecule has 0 amide bonds. The van der Waals surface area contributed by atoms with Gasteiger partial charge in [-0.3, -0.25) is 62.9 Å². The summed E-state index contributed by atoms with van der Waals surface area (Å²) >= 11 is 2.35. The van der Waals surface area contributed by atoms with Gasteiger partial charge in [-0.2, -0.15) is 0 Å². The minimum absolute atomic E-state index is 0.0225. The van der Waals surface area contributed by atoms with Crippen molar-refractivity contribution in [1.82, 2.24) is 77.7 Å². The SMILES string of the molecule is C#Cc1ccc2c(c1)C(c1ccccc1I)=N[C@@H](C)c1c(-c3cnco3)ncn1-2.C#Cc1ccc2c(c1)C(c1ccccc1[N+](=O)[O-])=N[C@@H](C)c1c(-c3cnco3)ncn1-2.Fc1ccccc1C1=NCc2c(-c3cnco3)ncn2-c2ccc(C3CC3)cc21.c1ccc(C2=NCc3c(-c4cnco4)ncn3-c3ccc(C4CC4)cc32)cc1.c1ccc(C2=NCc3c(-c4cnco4)ncn3-c3ccc(C4CC4)cc32)nc1. The van der Waals surface area contributed by atoms with Crippen molar-refractivity contribution in [2.45, 2.75) is 102 Å². The van der Waals surface area contributed by atoms with Gasteiger partial charge in [-0.25, -0.2) is 54.2 Å². The molecule has 11 aromatic heterocycles. The number of benzene rings is 9. The Morgan fingerprint density at radius 2 is 0.738 bits per heavy atom. The first-order chi connectivity index (χ1) is 71.3. The number of nitrogens with zero attached hydrogens (tertiary/aromatic N) is 22. The van der Waals surface area contributed by atoms with Crippen molar-refractivity contribution >= 4 is 56.8 Å². The molecule has 20 aromatic rings. The molecule has 0 saturated heterocycles. The molecule has 0 unspecified atom stereocenters. The molecule has 2 atom stereocenters. The van der Waals surface area contributed by atoms with Gasteiger partial charge in [-0.15, -0.1) is 12.8 Å². The van der Waals surface area contributed by atoms with E-state index >= 15 is 0 Å². The van der Waals surface area contributed by atoms with Gasteiger partial charge in [0.25, 0.3) is 5.69 Å². The van der Waals surface area contributed by atoms with Gasteiger partial charge in [-0.1, -0.05) is 109 Å². The van der Waals surface area contributed by atoms with Gasteiger partial charge in [0.2, 0.25) is 0 Å². The van der Waals surface area contributed by atoms with E-state index in [-0.39, 0.29) is 23.6 Å². The standard InChI is InChI=1S/C23H17FN4O.C23H15IN4O.C23H15N5O3.C23H18N4O.C22H17N5O/c24-18-4-2-1-3-16(18)22-17-9-15(14-5-6-14)7-8-19(17)28-12-27-23(20(28)10-26-22)21-11-25-13-29-21;1-3-15-8-9-19-17(10-15)21(16-6-4-5-7-18(16)24)27-14(2)23-22(26-12-28(19)23)20-11-25-13-29-20;1-3-15-8-9-18-17(10-15)21(16-6-4-5-7-19(16)28(29)30)26-14(2)23-22(25-12-27(18)23)20-11-24-13-31-20;1-2-4-16(5-3-1)22-18-10-17(15-6-7-15)8-9-19(18)27-13-26-23(20(27)11-25-22)21-12-24-14-28-21;1-2-8-24-17(3-1)21-16-9-15(14-4-5-14)6-7-18(16)27-12-26-22(19(27)10-25-21)20-11-23-13-28-20/h1-4,7-9,11-14H,5-6,10H2;1,4-14H,2H3;1,4-14H,2H3;1-5,8-10,12-15H,6-7,11H2;1-3,6-9,11-14H,4-5,10H2/t;2*14-;;/m.00../s1. The molecule has 0 bridgehead atoms. The van der Waals surface area contributed by atoms with Crippen LogP contribution in [-0.4, -0.2) is 111 Å². The molecule has 5 aliphatic heterocycles. The first-order valence-corrected chi connectivity index (χ1v) is 48.3. The molecule has 0 N–H and O–H groups in total. The van der Waals surface area contributed by atoms with Crippen LogP contribution in [0, 0.1) is 44.2 Å². The number of terminal acetylenes is 2. The number of fused-ring (bicyclic) bond motifs is 15. The minimum atomic E-state index is -0.403. The van der Waals surface area contributed by atoms with Crippen molar-refractivity contribution in [2.24, 2.45) is 25.0 Å². The Hall–Kier alpha value is -18.2. The summed E-state index contributed by atoms with van der Waals surface area (Å²) in [6.45, 7) is 5.38. The van der Waals surface area contributed by atoms with E-state index in [2.05, 4.69) is 201 Å². The number of hydrogen-bond acceptors (Lipinski definition) is 23. The smallest absolute Gasteiger partial charge is 0.278 e. The predicted molar refractivity (Wildman–Crippen MR) is 553 cm³/mol. The van der Waals surface area contributed by atoms with Crippen LogP contribution in [0.4, 0.5) is 10.1 Å². The number of aliphatic imine (C=N–C) groups is 5. The molecule has 3 fully saturated rings. The van der Waals surface area contributed by atoms with Crippen LogP contribution in [0.15, 0.2) is 360 Å². The van der Waals surface area contributed by atoms with Gasteiger partial charge < -0.3 is 22.1 Å². The van der Waals surface area contributed by atoms with E-state index in [1.54, 1.807) is 74.0 Å². The summed E-state index contributed by atoms with van der Waals surface area (Å²) in [5.41, 5.74) is 31.6. The highest BCUT2D eigenvalue weighted by atomic mass is 127. The number of imidazole rings is 5. The molecule has 28 rings (SSSR count). The maximum Gasteiger partial charge on any atom is 0.278 e. The average molecular weight is 2020 g/mol. The highest BCUT2D eigenvalue weighted by molar-refractivity contribution is 14.1. The zero-order valence-corrected chi connectivity index (χ0v) is 80.0. The normalized spacial score (nSPS) is 15.2. The molecule has 704 valence electrons. The zero-order chi connectivity index (χ0) is 97.9. The summed E-state index contributed by atoms with van der Waals surface area (Å²) in [6, 6.07) is 68.9. The summed E-state index contributed by atoms with van der Waals surface area (Å²) in [6.07, 6.45) is 45.0. The third-order valence-electron chi connectivity index (χ3n) is 26.8. The van der Waals surface area contributed by atoms with E-state index in [9.17, 15) is 14.5 Å². The lowest BCUT2D eigenvalue weighted by molar-refractivity contribution is -0.385. The quantitative estimate of drug-likeness (QED) is 0.0422. The lowest BCUT2D eigenvalue weighted by Crippen LogP contribution is -2.10. The summed E-state index contributed by atoms with van der Waals surface area (Å²) in [5, 5.41) is 11.7. The van der Waals surface area contributed by atoms with E-state index in [0.717, 1.165) is 139 Å². The van der Waals surface area contributed by atoms with Crippen LogP contribution in [0.3, 0.4) is 0 Å². The van der Waals surface area contributed by atoms with E-state index in [1.807, 2.05) is 120 Å². The Morgan fingerprint density at radius 3 is 1.17 bits per heavy atom. The van der Waals surface area contributed by atoms with Crippen LogP contribution in [0.1, 0.15) is 194 Å². The first-order valence-electron chi connectivity index (χ1n) is 47.2. The average Bonchev–Trinajstić information content (AvgIpc) is 1.69. The van der Waals surface area contributed by atoms with E-state index in [4.69, 9.17) is 59.9 Å². The predicted octanol–water partition coefficient (Wildman–Crippen LogP) is 23.2. The number of hydrogen-bond donors (Lipinski definition) is 0. The monoisotopic (exact) mass is 2020 g/mol. The minimum Gasteiger partial charge on any atom is -0.442 e. The number of pyridine rings is 1. The fourth-order valence-corrected chi connectivity index (χ4v) is 20.1. The van der Waals surface area contributed by atoms with Gasteiger partial charge in [0.05, 0.1) is 164 Å². The van der Waals surface area contributed by atoms with Crippen molar-refractivity contribution in [2.75, 3.05) is 0 Å². The first kappa shape index (κ1) is 89.4. The lowest BCUT2D eigenvalue weighted by Gasteiger charge is -2.14. The molecule has 9 aromatic carbocycles. The molecule has 0 radical (unpaired) electrons. The molecular weight excluding hydrogens is 1940 g/mol. The number of halogens is 2. The molecule has 145 heavy (non-hydrogen) atoms. The number of nitro groups is 1. The van der Waals surface area contributed by atoms with Crippen LogP contribution < -0.4 is 0 Å². The summed E-state index contributed by atoms with van der Waals surface area (Å²) in [5.74, 6) is 10.1. The second-order valence-corrected chi connectivity index (χ2v) is 36.9. The Bertz CT molecular complexity index is 8450. The van der Waals surface area contributed by atoms with Crippen LogP contribution in [0.2, 0.25) is 0 Å². The summed E-state index contributed by atoms with van der Waals surface area (Å²) < 4.78 is 53.6. The molecule has 8 aliphatic rings. The second-order valence-electron chi connectivity index (χ2n) is 35.8. The maximum absolute atomic E-state index is 14.7. The van der Waals surface area contributed by atoms with Crippen molar-refractivity contribution in [3.05, 3.63) is 445 Å². The molecule has 0 spiro atoms. The van der Waals surface area contributed by atoms with E-state index in [0.29, 0.717) is 111 Å². The third-order valence-corrected chi connectivity index (χ3v) is 27.8. The van der Waals surface area contributed by atoms with Crippen molar-refractivity contribution in [3.63, 3.8) is 0 Å². The molecule has 3 aliphatic carbocycles. The fourth-order valence-electron chi connectivity index (χ4n) is 19.4. The van der Waals surface area contributed by atoms with Gasteiger partial charge in [0.15, 0.2) is 60.8 Å². The van der Waals surface area contributed by atoms with Crippen molar-refractivity contribution in [3.8, 4) is 110 Å². The van der Waals surface area contributed by atoms with Crippen molar-refractivity contribution in [1.29, 1.82) is 0 Å². The molecular formula is C114H82FIN22O7. The molecule has 3 saturated carbocycles. The lowest BCUT2D eigenvalue weighted by atomic mass is 9.96. The van der Waals surface area contributed by atoms with Crippen molar-refractivity contribution < 1.29 is 31.4 Å². The highest BCUT2D eigenvalue weighted by Crippen LogP contribution is 2.48. The number of aromatic nitrogens is 16. The van der Waals surface area contributed by atoms with Gasteiger partial charge in [0, 0.05) is 71.5 Å². The second kappa shape index (κ2) is 38.1. The Kier molecular flexibility index (Phi) is 23.5. The largest absolute Gasteiger partial charge is 0.442 e. The van der Waals surface area contributed by atoms with Crippen LogP contribution >= 0.6 is 22.6 Å². The zero-order valence-electron chi connectivity index (χ0n) is 77.8. The number of oxazole rings is 5. The Balaban J connectivity index is 0.0000000974. The fraction of sp³-hybridized carbons (Fsp3) is 0.140. The highest BCUT2D eigenvalue weighted by Gasteiger charge is 2.37. The summed E-state index contributed by atoms with van der Waals surface area (Å²) in [4.78, 5) is 83.8. The van der Waals surface area contributed by atoms with Crippen LogP contribution in [0.25, 0.3) is 85.7 Å². The van der Waals surface area contributed by atoms with Gasteiger partial charge in [-0.05, 0) is 219 Å². The number of rotatable bonds is 14. The summed E-state index contributed by atoms with van der Waals surface area (Å²) in [7, 11) is 0. The third kappa shape index (κ3) is 17.1. The van der Waals surface area contributed by atoms with E-state index < -0.39 is 4.92 Å². The molecule has 29 nitrogen and oxygen atoms in total. The number of para-hydroxylation sites is 1. The van der Waals surface area contributed by atoms with E-state index in [1.165, 1.54) is 99.3 Å². The van der Waals surface area contributed by atoms with Gasteiger partial charge >= 0.3 is 0 Å². The van der Waals surface area contributed by atoms with Crippen LogP contribution in [0.5, 0.6) is 0 Å².